The number of halogens is 2. The van der Waals surface area contributed by atoms with Gasteiger partial charge >= 0.3 is 48.1 Å². The molecule has 0 heterocycles. The van der Waals surface area contributed by atoms with Gasteiger partial charge in [-0.1, -0.05) is 0 Å². The number of rotatable bonds is 0. The molecule has 0 atom stereocenters. The fraction of sp³-hybridized carbons (Fsp3) is 0. The summed E-state index contributed by atoms with van der Waals surface area (Å²) in [7, 11) is -4.67. The van der Waals surface area contributed by atoms with Gasteiger partial charge in [-0.2, -0.15) is 8.42 Å². The molecule has 0 aliphatic carbocycles. The van der Waals surface area contributed by atoms with Gasteiger partial charge in [-0.05, 0) is 0 Å². The summed E-state index contributed by atoms with van der Waals surface area (Å²) in [6, 6.07) is 0. The minimum absolute atomic E-state index is 0. The van der Waals surface area contributed by atoms with Gasteiger partial charge in [0.2, 0.25) is 0 Å². The average molecular weight is 176 g/mol. The third kappa shape index (κ3) is 256. The van der Waals surface area contributed by atoms with Crippen molar-refractivity contribution < 1.29 is 26.9 Å². The largest absolute Gasteiger partial charge is 2.00 e. The molecule has 0 saturated heterocycles. The van der Waals surface area contributed by atoms with E-state index >= 15 is 0 Å². The Morgan fingerprint density at radius 1 is 1.00 bits per heavy atom. The molecule has 0 aromatic heterocycles. The van der Waals surface area contributed by atoms with Gasteiger partial charge < -0.3 is 9.41 Å². The van der Waals surface area contributed by atoms with E-state index in [4.69, 9.17) is 17.5 Å². The van der Waals surface area contributed by atoms with Gasteiger partial charge in [0.15, 0.2) is 0 Å². The van der Waals surface area contributed by atoms with Crippen molar-refractivity contribution in [3.05, 3.63) is 0 Å². The van der Waals surface area contributed by atoms with E-state index in [0.29, 0.717) is 0 Å². The molecule has 0 rings (SSSR count). The second-order valence-corrected chi connectivity index (χ2v) is 1.34. The van der Waals surface area contributed by atoms with Crippen LogP contribution in [0.1, 0.15) is 0 Å². The fourth-order valence-electron chi connectivity index (χ4n) is 0. The van der Waals surface area contributed by atoms with Gasteiger partial charge in [0.1, 0.15) is 0 Å². The second kappa shape index (κ2) is 7.99. The molecule has 8 heavy (non-hydrogen) atoms. The Morgan fingerprint density at radius 2 is 1.00 bits per heavy atom. The smallest absolute Gasteiger partial charge is 1.00 e. The van der Waals surface area contributed by atoms with Crippen molar-refractivity contribution in [3.63, 3.8) is 0 Å². The molecule has 0 bridgehead atoms. The molecule has 0 aromatic rings. The van der Waals surface area contributed by atoms with E-state index in [2.05, 4.69) is 0 Å². The summed E-state index contributed by atoms with van der Waals surface area (Å²) < 4.78 is 31.6. The summed E-state index contributed by atoms with van der Waals surface area (Å²) in [6.45, 7) is 0. The zero-order chi connectivity index (χ0) is 4.50. The molecular weight excluding hydrogens is 174 g/mol. The van der Waals surface area contributed by atoms with Crippen molar-refractivity contribution >= 4 is 48.1 Å². The van der Waals surface area contributed by atoms with Gasteiger partial charge in [-0.25, -0.2) is 0 Å². The minimum Gasteiger partial charge on any atom is -1.00 e. The van der Waals surface area contributed by atoms with Crippen LogP contribution in [0.25, 0.3) is 0 Å². The van der Waals surface area contributed by atoms with Gasteiger partial charge in [-0.3, -0.25) is 9.11 Å². The molecule has 0 unspecified atom stereocenters. The summed E-state index contributed by atoms with van der Waals surface area (Å²) in [4.78, 5) is 0. The maximum atomic E-state index is 8.74. The van der Waals surface area contributed by atoms with Crippen molar-refractivity contribution in [2.24, 2.45) is 0 Å². The molecule has 0 aliphatic heterocycles. The Bertz CT molecular complexity index is 97.2. The average Bonchev–Trinajstić information content (AvgIpc) is 0.722. The van der Waals surface area contributed by atoms with Crippen LogP contribution < -0.4 is 9.41 Å². The molecule has 4 nitrogen and oxygen atoms in total. The molecule has 2 N–H and O–H groups in total. The first-order chi connectivity index (χ1) is 2.00. The Balaban J connectivity index is -0.0000000267. The van der Waals surface area contributed by atoms with Crippen LogP contribution in [0, 0.1) is 0 Å². The SMILES string of the molecule is O=S(=O)(O)O.[Ca+2].[F-].[F-]. The summed E-state index contributed by atoms with van der Waals surface area (Å²) in [5.74, 6) is 0. The monoisotopic (exact) mass is 176 g/mol. The molecule has 0 amide bonds. The predicted octanol–water partition coefficient (Wildman–Crippen LogP) is -7.03. The zero-order valence-corrected chi connectivity index (χ0v) is 6.61. The van der Waals surface area contributed by atoms with Crippen molar-refractivity contribution in [2.75, 3.05) is 0 Å². The molecule has 0 radical (unpaired) electrons. The quantitative estimate of drug-likeness (QED) is 0.284. The van der Waals surface area contributed by atoms with Crippen LogP contribution in [0.3, 0.4) is 0 Å². The summed E-state index contributed by atoms with van der Waals surface area (Å²) >= 11 is 0. The number of hydrogen-bond donors (Lipinski definition) is 2. The van der Waals surface area contributed by atoms with E-state index in [-0.39, 0.29) is 47.1 Å². The third-order valence-electron chi connectivity index (χ3n) is 0. The normalized spacial score (nSPS) is 7.25. The topological polar surface area (TPSA) is 74.6 Å². The molecule has 48 valence electrons. The van der Waals surface area contributed by atoms with E-state index in [9.17, 15) is 0 Å². The fourth-order valence-corrected chi connectivity index (χ4v) is 0. The van der Waals surface area contributed by atoms with Crippen molar-refractivity contribution in [2.45, 2.75) is 0 Å². The first-order valence-corrected chi connectivity index (χ1v) is 2.10. The Hall–Kier alpha value is 0.990. The first kappa shape index (κ1) is 23.0. The summed E-state index contributed by atoms with van der Waals surface area (Å²) in [5.41, 5.74) is 0. The van der Waals surface area contributed by atoms with E-state index in [1.54, 1.807) is 0 Å². The van der Waals surface area contributed by atoms with E-state index in [0.717, 1.165) is 0 Å². The third-order valence-corrected chi connectivity index (χ3v) is 0. The van der Waals surface area contributed by atoms with Crippen LogP contribution in [-0.2, 0) is 10.4 Å². The van der Waals surface area contributed by atoms with Crippen LogP contribution in [0.15, 0.2) is 0 Å². The molecule has 0 aliphatic rings. The van der Waals surface area contributed by atoms with Crippen LogP contribution in [0.4, 0.5) is 0 Å². The molecule has 0 saturated carbocycles. The maximum Gasteiger partial charge on any atom is 2.00 e. The summed E-state index contributed by atoms with van der Waals surface area (Å²) in [6.07, 6.45) is 0. The van der Waals surface area contributed by atoms with Gasteiger partial charge in [0, 0.05) is 0 Å². The standard InChI is InChI=1S/Ca.2FH.H2O4S/c;;;1-5(2,3)4/h;2*1H;(H2,1,2,3,4)/q+2;;;/p-2. The van der Waals surface area contributed by atoms with Gasteiger partial charge in [0.05, 0.1) is 0 Å². The predicted molar refractivity (Wildman–Crippen MR) is 19.9 cm³/mol. The Labute approximate surface area is 74.6 Å². The number of hydrogen-bond acceptors (Lipinski definition) is 2. The van der Waals surface area contributed by atoms with Crippen LogP contribution >= 0.6 is 0 Å². The van der Waals surface area contributed by atoms with Crippen LogP contribution in [0.5, 0.6) is 0 Å². The van der Waals surface area contributed by atoms with Gasteiger partial charge in [0.25, 0.3) is 0 Å². The van der Waals surface area contributed by atoms with Crippen LogP contribution in [-0.4, -0.2) is 55.3 Å². The molecular formula is H2CaF2O4S. The van der Waals surface area contributed by atoms with E-state index in [1.807, 2.05) is 0 Å². The Kier molecular flexibility index (Phi) is 23.0. The second-order valence-electron chi connectivity index (χ2n) is 0.448. The van der Waals surface area contributed by atoms with E-state index < -0.39 is 10.4 Å². The van der Waals surface area contributed by atoms with Crippen molar-refractivity contribution in [1.29, 1.82) is 0 Å². The minimum atomic E-state index is -4.67. The summed E-state index contributed by atoms with van der Waals surface area (Å²) in [5, 5.41) is 0. The maximum absolute atomic E-state index is 8.74. The van der Waals surface area contributed by atoms with Crippen molar-refractivity contribution in [1.82, 2.24) is 0 Å². The van der Waals surface area contributed by atoms with Crippen molar-refractivity contribution in [3.8, 4) is 0 Å². The molecule has 0 spiro atoms. The Morgan fingerprint density at radius 3 is 1.00 bits per heavy atom. The first-order valence-electron chi connectivity index (χ1n) is 0.698. The van der Waals surface area contributed by atoms with E-state index in [1.165, 1.54) is 0 Å². The molecule has 8 heteroatoms. The molecule has 0 fully saturated rings. The molecule has 0 aromatic carbocycles. The van der Waals surface area contributed by atoms with Crippen LogP contribution in [0.2, 0.25) is 0 Å². The van der Waals surface area contributed by atoms with Gasteiger partial charge in [-0.15, -0.1) is 0 Å². The zero-order valence-electron chi connectivity index (χ0n) is 3.58.